The Morgan fingerprint density at radius 2 is 0.898 bits per heavy atom. The zero-order chi connectivity index (χ0) is 63.1. The third kappa shape index (κ3) is 17.3. The number of halogens is 4. The van der Waals surface area contributed by atoms with Gasteiger partial charge in [0.1, 0.15) is 28.7 Å². The molecule has 6 aliphatic rings. The number of piperazine rings is 3. The first kappa shape index (κ1) is 68.4. The van der Waals surface area contributed by atoms with Gasteiger partial charge < -0.3 is 45.0 Å². The standard InChI is InChI=1S/C24H32FN3O2S.C19H24FN3S.C14H16ClFO.C10H19N3O2S/c1-23(2,3)30-22(29)28-15-13-27(14-16-28)21-26-20(17-31-21)24(11-7-4-8-12-24)18-9-5-6-10-19(18)25;20-16-7-3-2-6-15(16)19(8-4-1-5-9-19)17-14-24-18(22-17)23-12-10-21-11-13-23;15-10-13(17)14(8-4-1-5-9-14)11-6-2-3-7-12(11)16;1-10(2,3)15-9(14)13-6-4-12(5-7-13)8(11)16/h5-6,9-10,17H,4,7-8,11-16H2,1-3H3;2-3,6-7,14,21H,1,4-5,8-13H2;2-3,6-7H,1,4-5,8-10H2;4-7H2,1-3H3,(H2,11,16). The van der Waals surface area contributed by atoms with Crippen molar-refractivity contribution in [3.8, 4) is 0 Å². The fraction of sp³-hybridized carbons (Fsp3) is 0.582. The van der Waals surface area contributed by atoms with Gasteiger partial charge in [-0.25, -0.2) is 32.7 Å². The van der Waals surface area contributed by atoms with Crippen LogP contribution in [0.3, 0.4) is 0 Å². The number of aromatic nitrogens is 2. The molecule has 0 spiro atoms. The van der Waals surface area contributed by atoms with Crippen LogP contribution in [-0.2, 0) is 30.5 Å². The summed E-state index contributed by atoms with van der Waals surface area (Å²) in [5.74, 6) is -0.577. The Labute approximate surface area is 538 Å². The number of alkyl halides is 1. The van der Waals surface area contributed by atoms with Crippen molar-refractivity contribution in [2.24, 2.45) is 5.73 Å². The number of carbonyl (C=O) groups is 3. The molecular formula is C67H91ClF3N9O5S3. The van der Waals surface area contributed by atoms with Gasteiger partial charge in [0, 0.05) is 106 Å². The van der Waals surface area contributed by atoms with E-state index in [2.05, 4.69) is 25.9 Å². The molecule has 88 heavy (non-hydrogen) atoms. The molecule has 6 fully saturated rings. The van der Waals surface area contributed by atoms with Gasteiger partial charge in [-0.05, 0) is 122 Å². The van der Waals surface area contributed by atoms with Crippen molar-refractivity contribution in [2.45, 2.75) is 165 Å². The lowest BCUT2D eigenvalue weighted by Crippen LogP contribution is -2.52. The highest BCUT2D eigenvalue weighted by Gasteiger charge is 2.44. The van der Waals surface area contributed by atoms with E-state index in [0.717, 1.165) is 156 Å². The number of benzene rings is 3. The van der Waals surface area contributed by atoms with Crippen molar-refractivity contribution < 1.29 is 37.0 Å². The van der Waals surface area contributed by atoms with E-state index in [1.165, 1.54) is 18.9 Å². The van der Waals surface area contributed by atoms with Gasteiger partial charge in [-0.15, -0.1) is 34.3 Å². The normalized spacial score (nSPS) is 19.3. The molecule has 2 aromatic heterocycles. The first-order valence-corrected chi connectivity index (χ1v) is 34.3. The number of ether oxygens (including phenoxy) is 2. The van der Waals surface area contributed by atoms with Crippen LogP contribution in [-0.4, -0.2) is 143 Å². The molecule has 14 nitrogen and oxygen atoms in total. The average Bonchev–Trinajstić information content (AvgIpc) is 1.58. The van der Waals surface area contributed by atoms with Crippen LogP contribution in [0.4, 0.5) is 33.0 Å². The Balaban J connectivity index is 0.000000158. The number of carbonyl (C=O) groups excluding carboxylic acids is 3. The van der Waals surface area contributed by atoms with Crippen LogP contribution < -0.4 is 20.9 Å². The Hall–Kier alpha value is -5.54. The largest absolute Gasteiger partial charge is 0.444 e. The minimum atomic E-state index is -0.675. The number of Topliss-reactive ketones (excluding diaryl/α,β-unsaturated/α-hetero) is 1. The molecular weight excluding hydrogens is 1200 g/mol. The number of nitrogens with one attached hydrogen (secondary N) is 1. The molecule has 480 valence electrons. The van der Waals surface area contributed by atoms with E-state index in [4.69, 9.17) is 49.0 Å². The molecule has 3 N–H and O–H groups in total. The molecule has 3 aliphatic heterocycles. The van der Waals surface area contributed by atoms with E-state index >= 15 is 0 Å². The molecule has 3 saturated carbocycles. The van der Waals surface area contributed by atoms with Gasteiger partial charge in [0.15, 0.2) is 21.2 Å². The molecule has 0 bridgehead atoms. The number of nitrogens with zero attached hydrogens (tertiary/aromatic N) is 7. The van der Waals surface area contributed by atoms with Crippen LogP contribution in [0.15, 0.2) is 83.6 Å². The number of thiocarbonyl (C=S) groups is 1. The Kier molecular flexibility index (Phi) is 24.1. The summed E-state index contributed by atoms with van der Waals surface area (Å²) in [4.78, 5) is 56.1. The summed E-state index contributed by atoms with van der Waals surface area (Å²) in [6, 6.07) is 21.1. The number of rotatable bonds is 9. The third-order valence-electron chi connectivity index (χ3n) is 17.7. The molecule has 0 atom stereocenters. The van der Waals surface area contributed by atoms with Gasteiger partial charge in [0.2, 0.25) is 0 Å². The summed E-state index contributed by atoms with van der Waals surface area (Å²) in [6.45, 7) is 20.5. The molecule has 2 amide bonds. The van der Waals surface area contributed by atoms with Gasteiger partial charge in [0.05, 0.1) is 22.7 Å². The second-order valence-electron chi connectivity index (χ2n) is 25.9. The fourth-order valence-corrected chi connectivity index (χ4v) is 15.5. The Bertz CT molecular complexity index is 3080. The van der Waals surface area contributed by atoms with Crippen LogP contribution >= 0.6 is 46.5 Å². The van der Waals surface area contributed by atoms with Crippen LogP contribution in [0.1, 0.15) is 166 Å². The number of ketones is 1. The fourth-order valence-electron chi connectivity index (χ4n) is 13.1. The topological polar surface area (TPSA) is 150 Å². The zero-order valence-electron chi connectivity index (χ0n) is 52.4. The van der Waals surface area contributed by atoms with E-state index in [1.807, 2.05) is 70.7 Å². The van der Waals surface area contributed by atoms with Crippen molar-refractivity contribution in [3.63, 3.8) is 0 Å². The summed E-state index contributed by atoms with van der Waals surface area (Å²) in [5, 5.41) is 10.1. The van der Waals surface area contributed by atoms with Crippen molar-refractivity contribution in [1.82, 2.24) is 30.0 Å². The summed E-state index contributed by atoms with van der Waals surface area (Å²) in [6.07, 6.45) is 14.8. The number of anilines is 2. The highest BCUT2D eigenvalue weighted by atomic mass is 35.5. The second kappa shape index (κ2) is 31.0. The monoisotopic (exact) mass is 1290 g/mol. The van der Waals surface area contributed by atoms with Crippen LogP contribution in [0.25, 0.3) is 0 Å². The SMILES string of the molecule is CC(C)(C)OC(=O)N1CCN(C(N)=S)CC1.CC(C)(C)OC(=O)N1CCN(c2nc(C3(c4ccccc4F)CCCCC3)cs2)CC1.Fc1ccccc1C1(c2csc(N3CCNCC3)n2)CCCCC1.O=C(CCl)C1(c2ccccc2F)CCCCC1. The first-order valence-electron chi connectivity index (χ1n) is 31.6. The van der Waals surface area contributed by atoms with Gasteiger partial charge in [-0.1, -0.05) is 112 Å². The molecule has 0 radical (unpaired) electrons. The quantitative estimate of drug-likeness (QED) is 0.107. The Morgan fingerprint density at radius 1 is 0.545 bits per heavy atom. The minimum Gasteiger partial charge on any atom is -0.444 e. The molecule has 5 heterocycles. The predicted octanol–water partition coefficient (Wildman–Crippen LogP) is 14.1. The second-order valence-corrected chi connectivity index (χ2v) is 28.3. The molecule has 3 saturated heterocycles. The van der Waals surface area contributed by atoms with Gasteiger partial charge >= 0.3 is 12.2 Å². The lowest BCUT2D eigenvalue weighted by molar-refractivity contribution is -0.123. The maximum Gasteiger partial charge on any atom is 0.410 e. The van der Waals surface area contributed by atoms with E-state index in [0.29, 0.717) is 49.9 Å². The van der Waals surface area contributed by atoms with Crippen LogP contribution in [0, 0.1) is 17.5 Å². The average molecular weight is 1290 g/mol. The third-order valence-corrected chi connectivity index (χ3v) is 20.0. The molecule has 3 aromatic carbocycles. The van der Waals surface area contributed by atoms with E-state index in [1.54, 1.807) is 74.9 Å². The highest BCUT2D eigenvalue weighted by Crippen LogP contribution is 2.49. The van der Waals surface area contributed by atoms with Gasteiger partial charge in [-0.3, -0.25) is 4.79 Å². The van der Waals surface area contributed by atoms with Gasteiger partial charge in [0.25, 0.3) is 0 Å². The molecule has 11 rings (SSSR count). The number of nitrogens with two attached hydrogens (primary N) is 1. The van der Waals surface area contributed by atoms with E-state index < -0.39 is 16.6 Å². The number of amides is 2. The number of hydrogen-bond donors (Lipinski definition) is 2. The van der Waals surface area contributed by atoms with Crippen LogP contribution in [0.2, 0.25) is 0 Å². The minimum absolute atomic E-state index is 0.0334. The first-order chi connectivity index (χ1) is 42.1. The van der Waals surface area contributed by atoms with Crippen molar-refractivity contribution in [1.29, 1.82) is 0 Å². The zero-order valence-corrected chi connectivity index (χ0v) is 55.6. The molecule has 5 aromatic rings. The molecule has 0 unspecified atom stereocenters. The van der Waals surface area contributed by atoms with Crippen LogP contribution in [0.5, 0.6) is 0 Å². The molecule has 3 aliphatic carbocycles. The highest BCUT2D eigenvalue weighted by molar-refractivity contribution is 7.80. The van der Waals surface area contributed by atoms with E-state index in [9.17, 15) is 27.6 Å². The summed E-state index contributed by atoms with van der Waals surface area (Å²) >= 11 is 13.9. The van der Waals surface area contributed by atoms with Crippen molar-refractivity contribution >= 4 is 79.8 Å². The smallest absolute Gasteiger partial charge is 0.410 e. The van der Waals surface area contributed by atoms with Crippen molar-refractivity contribution in [3.05, 3.63) is 129 Å². The summed E-state index contributed by atoms with van der Waals surface area (Å²) in [7, 11) is 0. The van der Waals surface area contributed by atoms with Crippen molar-refractivity contribution in [2.75, 3.05) is 94.2 Å². The molecule has 21 heteroatoms. The summed E-state index contributed by atoms with van der Waals surface area (Å²) in [5.41, 5.74) is 7.54. The maximum absolute atomic E-state index is 14.8. The predicted molar refractivity (Wildman–Crippen MR) is 353 cm³/mol. The van der Waals surface area contributed by atoms with Gasteiger partial charge in [-0.2, -0.15) is 0 Å². The number of thiazole rings is 2. The number of hydrogen-bond acceptors (Lipinski definition) is 13. The van der Waals surface area contributed by atoms with E-state index in [-0.39, 0.29) is 52.1 Å². The summed E-state index contributed by atoms with van der Waals surface area (Å²) < 4.78 is 54.1. The lowest BCUT2D eigenvalue weighted by Gasteiger charge is -2.37. The maximum atomic E-state index is 14.8. The lowest BCUT2D eigenvalue weighted by atomic mass is 9.67. The Morgan fingerprint density at radius 3 is 1.27 bits per heavy atom.